The summed E-state index contributed by atoms with van der Waals surface area (Å²) in [5.41, 5.74) is 4.58. The molecule has 0 spiro atoms. The van der Waals surface area contributed by atoms with Gasteiger partial charge in [0.2, 0.25) is 5.82 Å². The first-order valence-corrected chi connectivity index (χ1v) is 9.97. The Morgan fingerprint density at radius 3 is 2.45 bits per heavy atom. The van der Waals surface area contributed by atoms with Gasteiger partial charge >= 0.3 is 0 Å². The lowest BCUT2D eigenvalue weighted by Crippen LogP contribution is -2.14. The van der Waals surface area contributed by atoms with Crippen molar-refractivity contribution in [2.24, 2.45) is 0 Å². The maximum atomic E-state index is 12.8. The Bertz CT molecular complexity index is 1180. The molecule has 4 aromatic rings. The Balaban J connectivity index is 1.78. The van der Waals surface area contributed by atoms with Gasteiger partial charge in [0.1, 0.15) is 0 Å². The molecular formula is C23H19BrN4O. The molecule has 0 fully saturated rings. The highest BCUT2D eigenvalue weighted by Crippen LogP contribution is 2.25. The SMILES string of the molecule is Cc1cccc(NC(=O)c2nc(-c3ccc(Br)cc3)n(-c3ccccc3C)n2)c1. The largest absolute Gasteiger partial charge is 0.319 e. The molecule has 0 bridgehead atoms. The van der Waals surface area contributed by atoms with Crippen molar-refractivity contribution in [2.45, 2.75) is 13.8 Å². The number of amides is 1. The molecular weight excluding hydrogens is 428 g/mol. The fourth-order valence-electron chi connectivity index (χ4n) is 3.07. The van der Waals surface area contributed by atoms with Gasteiger partial charge in [-0.2, -0.15) is 0 Å². The molecule has 6 heteroatoms. The lowest BCUT2D eigenvalue weighted by Gasteiger charge is -2.08. The molecule has 4 rings (SSSR count). The van der Waals surface area contributed by atoms with Crippen molar-refractivity contribution in [1.29, 1.82) is 0 Å². The molecule has 0 saturated carbocycles. The maximum absolute atomic E-state index is 12.8. The number of carbonyl (C=O) groups excluding carboxylic acids is 1. The number of hydrogen-bond acceptors (Lipinski definition) is 3. The average molecular weight is 447 g/mol. The monoisotopic (exact) mass is 446 g/mol. The third-order valence-corrected chi connectivity index (χ3v) is 5.06. The topological polar surface area (TPSA) is 59.8 Å². The highest BCUT2D eigenvalue weighted by Gasteiger charge is 2.19. The van der Waals surface area contributed by atoms with Crippen molar-refractivity contribution in [3.63, 3.8) is 0 Å². The van der Waals surface area contributed by atoms with Crippen molar-refractivity contribution in [3.8, 4) is 17.1 Å². The molecule has 0 atom stereocenters. The molecule has 0 aliphatic rings. The summed E-state index contributed by atoms with van der Waals surface area (Å²) in [6.45, 7) is 3.99. The van der Waals surface area contributed by atoms with Gasteiger partial charge in [0.25, 0.3) is 5.91 Å². The Kier molecular flexibility index (Phi) is 5.27. The normalized spacial score (nSPS) is 10.7. The van der Waals surface area contributed by atoms with Crippen molar-refractivity contribution in [3.05, 3.63) is 94.2 Å². The van der Waals surface area contributed by atoms with E-state index >= 15 is 0 Å². The fourth-order valence-corrected chi connectivity index (χ4v) is 3.34. The number of hydrogen-bond donors (Lipinski definition) is 1. The van der Waals surface area contributed by atoms with Gasteiger partial charge in [-0.15, -0.1) is 5.10 Å². The minimum Gasteiger partial charge on any atom is -0.319 e. The molecule has 29 heavy (non-hydrogen) atoms. The summed E-state index contributed by atoms with van der Waals surface area (Å²) >= 11 is 3.46. The Hall–Kier alpha value is -3.25. The zero-order valence-electron chi connectivity index (χ0n) is 16.1. The number of nitrogens with zero attached hydrogens (tertiary/aromatic N) is 3. The number of aromatic nitrogens is 3. The number of aryl methyl sites for hydroxylation is 2. The molecule has 0 aliphatic carbocycles. The Morgan fingerprint density at radius 1 is 0.966 bits per heavy atom. The Labute approximate surface area is 177 Å². The number of rotatable bonds is 4. The van der Waals surface area contributed by atoms with Gasteiger partial charge in [-0.1, -0.05) is 58.4 Å². The van der Waals surface area contributed by atoms with Crippen molar-refractivity contribution < 1.29 is 4.79 Å². The first kappa shape index (κ1) is 19.1. The molecule has 1 aromatic heterocycles. The van der Waals surface area contributed by atoms with Gasteiger partial charge in [0.05, 0.1) is 5.69 Å². The van der Waals surface area contributed by atoms with E-state index < -0.39 is 0 Å². The zero-order chi connectivity index (χ0) is 20.4. The van der Waals surface area contributed by atoms with E-state index in [0.717, 1.165) is 26.9 Å². The van der Waals surface area contributed by atoms with Gasteiger partial charge in [0.15, 0.2) is 5.82 Å². The summed E-state index contributed by atoms with van der Waals surface area (Å²) in [6, 6.07) is 23.3. The summed E-state index contributed by atoms with van der Waals surface area (Å²) in [4.78, 5) is 17.4. The van der Waals surface area contributed by atoms with Crippen LogP contribution in [0.25, 0.3) is 17.1 Å². The van der Waals surface area contributed by atoms with Crippen molar-refractivity contribution in [2.75, 3.05) is 5.32 Å². The standard InChI is InChI=1S/C23H19BrN4O/c1-15-6-5-8-19(14-15)25-23(29)21-26-22(17-10-12-18(24)13-11-17)28(27-21)20-9-4-3-7-16(20)2/h3-14H,1-2H3,(H,25,29). The zero-order valence-corrected chi connectivity index (χ0v) is 17.6. The van der Waals surface area contributed by atoms with E-state index in [0.29, 0.717) is 11.5 Å². The van der Waals surface area contributed by atoms with Crippen LogP contribution in [0.3, 0.4) is 0 Å². The molecule has 0 radical (unpaired) electrons. The van der Waals surface area contributed by atoms with Crippen LogP contribution in [-0.2, 0) is 0 Å². The molecule has 0 unspecified atom stereocenters. The Morgan fingerprint density at radius 2 is 1.72 bits per heavy atom. The molecule has 1 N–H and O–H groups in total. The second kappa shape index (κ2) is 8.01. The van der Waals surface area contributed by atoms with Crippen LogP contribution < -0.4 is 5.32 Å². The van der Waals surface area contributed by atoms with Crippen LogP contribution in [0.2, 0.25) is 0 Å². The minimum absolute atomic E-state index is 0.118. The summed E-state index contributed by atoms with van der Waals surface area (Å²) in [5, 5.41) is 7.42. The quantitative estimate of drug-likeness (QED) is 0.445. The van der Waals surface area contributed by atoms with E-state index in [-0.39, 0.29) is 11.7 Å². The summed E-state index contributed by atoms with van der Waals surface area (Å²) < 4.78 is 2.70. The van der Waals surface area contributed by atoms with Crippen LogP contribution in [0.4, 0.5) is 5.69 Å². The van der Waals surface area contributed by atoms with Crippen molar-refractivity contribution >= 4 is 27.5 Å². The molecule has 5 nitrogen and oxygen atoms in total. The van der Waals surface area contributed by atoms with E-state index in [1.54, 1.807) is 4.68 Å². The molecule has 1 amide bonds. The molecule has 0 saturated heterocycles. The van der Waals surface area contributed by atoms with Gasteiger partial charge < -0.3 is 5.32 Å². The number of benzene rings is 3. The molecule has 1 heterocycles. The summed E-state index contributed by atoms with van der Waals surface area (Å²) in [7, 11) is 0. The number of para-hydroxylation sites is 1. The lowest BCUT2D eigenvalue weighted by atomic mass is 10.2. The van der Waals surface area contributed by atoms with Crippen LogP contribution in [0, 0.1) is 13.8 Å². The van der Waals surface area contributed by atoms with E-state index in [4.69, 9.17) is 0 Å². The number of halogens is 1. The van der Waals surface area contributed by atoms with Crippen LogP contribution in [0.5, 0.6) is 0 Å². The minimum atomic E-state index is -0.346. The van der Waals surface area contributed by atoms with Gasteiger partial charge in [-0.05, 0) is 55.3 Å². The van der Waals surface area contributed by atoms with Crippen LogP contribution >= 0.6 is 15.9 Å². The lowest BCUT2D eigenvalue weighted by molar-refractivity contribution is 0.101. The first-order chi connectivity index (χ1) is 14.0. The van der Waals surface area contributed by atoms with E-state index in [9.17, 15) is 4.79 Å². The predicted octanol–water partition coefficient (Wildman–Crippen LogP) is 5.57. The van der Waals surface area contributed by atoms with E-state index in [1.807, 2.05) is 86.6 Å². The summed E-state index contributed by atoms with van der Waals surface area (Å²) in [6.07, 6.45) is 0. The number of nitrogens with one attached hydrogen (secondary N) is 1. The van der Waals surface area contributed by atoms with Crippen LogP contribution in [0.1, 0.15) is 21.7 Å². The number of anilines is 1. The fraction of sp³-hybridized carbons (Fsp3) is 0.0870. The van der Waals surface area contributed by atoms with Gasteiger partial charge in [-0.3, -0.25) is 4.79 Å². The maximum Gasteiger partial charge on any atom is 0.295 e. The van der Waals surface area contributed by atoms with E-state index in [2.05, 4.69) is 31.3 Å². The summed E-state index contributed by atoms with van der Waals surface area (Å²) in [5.74, 6) is 0.384. The third-order valence-electron chi connectivity index (χ3n) is 4.53. The van der Waals surface area contributed by atoms with Crippen LogP contribution in [0.15, 0.2) is 77.3 Å². The van der Waals surface area contributed by atoms with Gasteiger partial charge in [-0.25, -0.2) is 9.67 Å². The van der Waals surface area contributed by atoms with Gasteiger partial charge in [0, 0.05) is 15.7 Å². The highest BCUT2D eigenvalue weighted by atomic mass is 79.9. The van der Waals surface area contributed by atoms with Crippen LogP contribution in [-0.4, -0.2) is 20.7 Å². The highest BCUT2D eigenvalue weighted by molar-refractivity contribution is 9.10. The molecule has 3 aromatic carbocycles. The first-order valence-electron chi connectivity index (χ1n) is 9.18. The smallest absolute Gasteiger partial charge is 0.295 e. The molecule has 144 valence electrons. The third kappa shape index (κ3) is 4.12. The van der Waals surface area contributed by atoms with E-state index in [1.165, 1.54) is 0 Å². The average Bonchev–Trinajstić information content (AvgIpc) is 3.14. The predicted molar refractivity (Wildman–Crippen MR) is 118 cm³/mol. The second-order valence-corrected chi connectivity index (χ2v) is 7.70. The molecule has 0 aliphatic heterocycles. The second-order valence-electron chi connectivity index (χ2n) is 6.79. The van der Waals surface area contributed by atoms with Crippen molar-refractivity contribution in [1.82, 2.24) is 14.8 Å². The number of carbonyl (C=O) groups is 1.